The zero-order valence-electron chi connectivity index (χ0n) is 17.0. The van der Waals surface area contributed by atoms with Crippen LogP contribution < -0.4 is 10.6 Å². The van der Waals surface area contributed by atoms with Gasteiger partial charge in [-0.3, -0.25) is 0 Å². The summed E-state index contributed by atoms with van der Waals surface area (Å²) < 4.78 is 9.18. The summed E-state index contributed by atoms with van der Waals surface area (Å²) in [6.45, 7) is 6.78. The molecular formula is C21H23ClN6OS. The van der Waals surface area contributed by atoms with E-state index in [0.717, 1.165) is 17.1 Å². The van der Waals surface area contributed by atoms with Crippen molar-refractivity contribution in [1.29, 1.82) is 0 Å². The molecule has 0 atom stereocenters. The fourth-order valence-corrected chi connectivity index (χ4v) is 3.86. The molecule has 30 heavy (non-hydrogen) atoms. The van der Waals surface area contributed by atoms with Crippen LogP contribution in [0.1, 0.15) is 37.9 Å². The van der Waals surface area contributed by atoms with Gasteiger partial charge in [0.2, 0.25) is 5.16 Å². The lowest BCUT2D eigenvalue weighted by Gasteiger charge is -2.19. The smallest absolute Gasteiger partial charge is 0.210 e. The van der Waals surface area contributed by atoms with Gasteiger partial charge in [-0.25, -0.2) is 9.66 Å². The van der Waals surface area contributed by atoms with Gasteiger partial charge in [0.25, 0.3) is 0 Å². The number of nitrogens with two attached hydrogens (primary N) is 1. The average molecular weight is 443 g/mol. The molecule has 4 rings (SSSR count). The van der Waals surface area contributed by atoms with Gasteiger partial charge < -0.3 is 15.0 Å². The highest BCUT2D eigenvalue weighted by molar-refractivity contribution is 7.98. The van der Waals surface area contributed by atoms with Crippen LogP contribution in [-0.4, -0.2) is 24.3 Å². The molecule has 0 bridgehead atoms. The lowest BCUT2D eigenvalue weighted by Crippen LogP contribution is -2.16. The van der Waals surface area contributed by atoms with Gasteiger partial charge in [-0.05, 0) is 35.2 Å². The van der Waals surface area contributed by atoms with Crippen LogP contribution in [0.15, 0.2) is 53.9 Å². The molecule has 0 spiro atoms. The Kier molecular flexibility index (Phi) is 5.62. The number of halogens is 1. The lowest BCUT2D eigenvalue weighted by molar-refractivity contribution is 0.291. The number of benzene rings is 1. The topological polar surface area (TPSA) is 83.3 Å². The highest BCUT2D eigenvalue weighted by atomic mass is 35.5. The first-order valence-corrected chi connectivity index (χ1v) is 10.8. The summed E-state index contributed by atoms with van der Waals surface area (Å²) in [6.07, 6.45) is 3.77. The molecule has 2 N–H and O–H groups in total. The van der Waals surface area contributed by atoms with Gasteiger partial charge in [0.05, 0.1) is 10.7 Å². The maximum absolute atomic E-state index is 6.16. The minimum atomic E-state index is 0.106. The predicted octanol–water partition coefficient (Wildman–Crippen LogP) is 4.46. The van der Waals surface area contributed by atoms with Gasteiger partial charge in [0, 0.05) is 18.1 Å². The Bertz CT molecular complexity index is 1160. The number of rotatable bonds is 6. The standard InChI is InChI=1S/C21H23ClN6OS/c1-21(2,3)14-4-7-17(8-5-14)29-12-19-25-26-20(28(19)23)30-13-16-11-27-10-15(22)6-9-18(27)24-16/h4-11H,12-13,23H2,1-3H3. The molecule has 3 aromatic heterocycles. The molecule has 0 radical (unpaired) electrons. The number of imidazole rings is 1. The fourth-order valence-electron chi connectivity index (χ4n) is 2.93. The van der Waals surface area contributed by atoms with Crippen molar-refractivity contribution in [3.8, 4) is 5.75 Å². The van der Waals surface area contributed by atoms with Crippen molar-refractivity contribution in [3.63, 3.8) is 0 Å². The molecule has 0 saturated carbocycles. The number of thioether (sulfide) groups is 1. The monoisotopic (exact) mass is 442 g/mol. The second-order valence-corrected chi connectivity index (χ2v) is 9.34. The largest absolute Gasteiger partial charge is 0.486 e. The highest BCUT2D eigenvalue weighted by Gasteiger charge is 2.14. The van der Waals surface area contributed by atoms with Gasteiger partial charge in [-0.2, -0.15) is 0 Å². The van der Waals surface area contributed by atoms with Crippen LogP contribution in [-0.2, 0) is 17.8 Å². The predicted molar refractivity (Wildman–Crippen MR) is 119 cm³/mol. The van der Waals surface area contributed by atoms with E-state index in [2.05, 4.69) is 48.1 Å². The van der Waals surface area contributed by atoms with Crippen LogP contribution in [0.3, 0.4) is 0 Å². The summed E-state index contributed by atoms with van der Waals surface area (Å²) in [5.41, 5.74) is 3.11. The minimum absolute atomic E-state index is 0.106. The SMILES string of the molecule is CC(C)(C)c1ccc(OCc2nnc(SCc3cn4cc(Cl)ccc4n3)n2N)cc1. The molecule has 0 aliphatic heterocycles. The summed E-state index contributed by atoms with van der Waals surface area (Å²) in [6, 6.07) is 11.8. The summed E-state index contributed by atoms with van der Waals surface area (Å²) in [4.78, 5) is 4.57. The van der Waals surface area contributed by atoms with Crippen LogP contribution in [0.4, 0.5) is 0 Å². The van der Waals surface area contributed by atoms with E-state index < -0.39 is 0 Å². The number of nitrogen functional groups attached to an aromatic ring is 1. The van der Waals surface area contributed by atoms with Crippen LogP contribution in [0.2, 0.25) is 5.02 Å². The van der Waals surface area contributed by atoms with E-state index >= 15 is 0 Å². The van der Waals surface area contributed by atoms with E-state index in [1.54, 1.807) is 0 Å². The van der Waals surface area contributed by atoms with Crippen molar-refractivity contribution in [3.05, 3.63) is 70.9 Å². The summed E-state index contributed by atoms with van der Waals surface area (Å²) in [5.74, 6) is 8.09. The first-order chi connectivity index (χ1) is 14.3. The van der Waals surface area contributed by atoms with Crippen molar-refractivity contribution in [2.75, 3.05) is 5.84 Å². The van der Waals surface area contributed by atoms with Crippen LogP contribution in [0, 0.1) is 0 Å². The van der Waals surface area contributed by atoms with Gasteiger partial charge in [-0.15, -0.1) is 10.2 Å². The Hall–Kier alpha value is -2.71. The Morgan fingerprint density at radius 2 is 1.83 bits per heavy atom. The molecule has 0 amide bonds. The van der Waals surface area contributed by atoms with Crippen molar-refractivity contribution in [2.24, 2.45) is 0 Å². The second kappa shape index (κ2) is 8.20. The molecule has 3 heterocycles. The van der Waals surface area contributed by atoms with Gasteiger partial charge in [0.15, 0.2) is 5.82 Å². The molecule has 7 nitrogen and oxygen atoms in total. The summed E-state index contributed by atoms with van der Waals surface area (Å²) in [5, 5.41) is 9.59. The van der Waals surface area contributed by atoms with E-state index in [9.17, 15) is 0 Å². The van der Waals surface area contributed by atoms with Gasteiger partial charge >= 0.3 is 0 Å². The number of ether oxygens (including phenoxy) is 1. The lowest BCUT2D eigenvalue weighted by atomic mass is 9.87. The molecule has 156 valence electrons. The summed E-state index contributed by atoms with van der Waals surface area (Å²) in [7, 11) is 0. The Morgan fingerprint density at radius 1 is 1.07 bits per heavy atom. The van der Waals surface area contributed by atoms with Gasteiger partial charge in [-0.1, -0.05) is 56.3 Å². The number of aromatic nitrogens is 5. The van der Waals surface area contributed by atoms with Crippen molar-refractivity contribution < 1.29 is 4.74 Å². The van der Waals surface area contributed by atoms with E-state index in [0.29, 0.717) is 21.8 Å². The molecule has 0 saturated heterocycles. The fraction of sp³-hybridized carbons (Fsp3) is 0.286. The zero-order chi connectivity index (χ0) is 21.3. The van der Waals surface area contributed by atoms with Crippen LogP contribution in [0.25, 0.3) is 5.65 Å². The molecular weight excluding hydrogens is 420 g/mol. The number of fused-ring (bicyclic) bond motifs is 1. The number of hydrogen-bond acceptors (Lipinski definition) is 6. The normalized spacial score (nSPS) is 11.9. The summed E-state index contributed by atoms with van der Waals surface area (Å²) >= 11 is 7.49. The van der Waals surface area contributed by atoms with E-state index in [4.69, 9.17) is 22.2 Å². The van der Waals surface area contributed by atoms with Crippen molar-refractivity contribution in [1.82, 2.24) is 24.3 Å². The van der Waals surface area contributed by atoms with Crippen LogP contribution in [0.5, 0.6) is 5.75 Å². The Balaban J connectivity index is 1.37. The molecule has 0 aliphatic rings. The molecule has 0 aliphatic carbocycles. The van der Waals surface area contributed by atoms with Gasteiger partial charge in [0.1, 0.15) is 18.0 Å². The number of pyridine rings is 1. The quantitative estimate of drug-likeness (QED) is 0.350. The number of hydrogen-bond donors (Lipinski definition) is 1. The molecule has 0 fully saturated rings. The maximum atomic E-state index is 6.16. The van der Waals surface area contributed by atoms with E-state index in [1.165, 1.54) is 22.0 Å². The molecule has 0 unspecified atom stereocenters. The second-order valence-electron chi connectivity index (χ2n) is 7.97. The Morgan fingerprint density at radius 3 is 2.57 bits per heavy atom. The van der Waals surface area contributed by atoms with Crippen molar-refractivity contribution >= 4 is 29.0 Å². The highest BCUT2D eigenvalue weighted by Crippen LogP contribution is 2.25. The third-order valence-electron chi connectivity index (χ3n) is 4.64. The van der Waals surface area contributed by atoms with Crippen LogP contribution >= 0.6 is 23.4 Å². The van der Waals surface area contributed by atoms with E-state index in [1.807, 2.05) is 41.1 Å². The molecule has 1 aromatic carbocycles. The average Bonchev–Trinajstić information content (AvgIpc) is 3.27. The zero-order valence-corrected chi connectivity index (χ0v) is 18.6. The Labute approximate surface area is 184 Å². The molecule has 4 aromatic rings. The van der Waals surface area contributed by atoms with Crippen molar-refractivity contribution in [2.45, 2.75) is 43.7 Å². The number of nitrogens with zero attached hydrogens (tertiary/aromatic N) is 5. The molecule has 9 heteroatoms. The third kappa shape index (κ3) is 4.55. The first-order valence-electron chi connectivity index (χ1n) is 9.48. The maximum Gasteiger partial charge on any atom is 0.210 e. The minimum Gasteiger partial charge on any atom is -0.486 e. The first kappa shape index (κ1) is 20.6. The third-order valence-corrected chi connectivity index (χ3v) is 5.84. The van der Waals surface area contributed by atoms with E-state index in [-0.39, 0.29) is 12.0 Å².